The third-order valence-corrected chi connectivity index (χ3v) is 4.41. The van der Waals surface area contributed by atoms with Crippen LogP contribution in [-0.4, -0.2) is 31.9 Å². The molecular formula is C14H7IN4O3. The zero-order valence-corrected chi connectivity index (χ0v) is 13.1. The maximum atomic E-state index is 12.5. The quantitative estimate of drug-likeness (QED) is 0.380. The summed E-state index contributed by atoms with van der Waals surface area (Å²) in [5.74, 6) is -0.550. The highest BCUT2D eigenvalue weighted by atomic mass is 127. The molecule has 1 aromatic carbocycles. The van der Waals surface area contributed by atoms with Gasteiger partial charge in [-0.05, 0) is 40.8 Å². The molecule has 0 bridgehead atoms. The molecule has 4 rings (SSSR count). The van der Waals surface area contributed by atoms with Gasteiger partial charge in [-0.2, -0.15) is 4.73 Å². The largest absolute Gasteiger partial charge is 0.427 e. The van der Waals surface area contributed by atoms with E-state index in [1.807, 2.05) is 22.6 Å². The normalized spacial score (nSPS) is 14.0. The van der Waals surface area contributed by atoms with Crippen molar-refractivity contribution < 1.29 is 14.8 Å². The van der Waals surface area contributed by atoms with Gasteiger partial charge in [-0.3, -0.25) is 9.59 Å². The number of anilines is 1. The lowest BCUT2D eigenvalue weighted by atomic mass is 10.1. The standard InChI is InChI=1S/C14H7IN4O3/c15-9-5-6-18(22)11-10(9)12(17-16-11)19-13(20)7-3-1-2-4-8(7)14(19)21/h1-6,22H. The zero-order chi connectivity index (χ0) is 15.4. The molecule has 1 N–H and O–H groups in total. The third-order valence-electron chi connectivity index (χ3n) is 3.51. The van der Waals surface area contributed by atoms with Crippen LogP contribution in [0.1, 0.15) is 20.7 Å². The Hall–Kier alpha value is -2.49. The first kappa shape index (κ1) is 13.2. The van der Waals surface area contributed by atoms with Crippen LogP contribution >= 0.6 is 22.6 Å². The third kappa shape index (κ3) is 1.61. The average molecular weight is 406 g/mol. The predicted octanol–water partition coefficient (Wildman–Crippen LogP) is 2.03. The van der Waals surface area contributed by atoms with E-state index in [4.69, 9.17) is 0 Å². The molecule has 0 aliphatic carbocycles. The van der Waals surface area contributed by atoms with E-state index in [-0.39, 0.29) is 11.6 Å². The number of halogens is 1. The van der Waals surface area contributed by atoms with Crippen LogP contribution in [0, 0.1) is 3.57 Å². The molecule has 0 unspecified atom stereocenters. The number of carbonyl (C=O) groups is 2. The number of fused-ring (bicyclic) bond motifs is 2. The Labute approximate surface area is 137 Å². The van der Waals surface area contributed by atoms with Crippen molar-refractivity contribution in [2.24, 2.45) is 0 Å². The van der Waals surface area contributed by atoms with Gasteiger partial charge in [0.1, 0.15) is 0 Å². The molecule has 0 spiro atoms. The molecule has 0 aromatic heterocycles. The highest BCUT2D eigenvalue weighted by Crippen LogP contribution is 2.37. The molecule has 0 radical (unpaired) electrons. The van der Waals surface area contributed by atoms with Crippen LogP contribution in [0.5, 0.6) is 0 Å². The summed E-state index contributed by atoms with van der Waals surface area (Å²) in [5.41, 5.74) is 1.14. The Morgan fingerprint density at radius 2 is 1.64 bits per heavy atom. The fraction of sp³-hybridized carbons (Fsp3) is 0. The summed E-state index contributed by atoms with van der Waals surface area (Å²) in [6.45, 7) is 0. The predicted molar refractivity (Wildman–Crippen MR) is 84.1 cm³/mol. The molecule has 2 amide bonds. The Morgan fingerprint density at radius 3 is 2.27 bits per heavy atom. The second-order valence-corrected chi connectivity index (χ2v) is 5.88. The monoisotopic (exact) mass is 406 g/mol. The number of aromatic nitrogens is 3. The van der Waals surface area contributed by atoms with Crippen LogP contribution in [0.4, 0.5) is 5.82 Å². The van der Waals surface area contributed by atoms with Crippen molar-refractivity contribution in [3.8, 4) is 11.4 Å². The Kier molecular flexibility index (Phi) is 2.70. The molecule has 7 nitrogen and oxygen atoms in total. The molecule has 22 heavy (non-hydrogen) atoms. The summed E-state index contributed by atoms with van der Waals surface area (Å²) >= 11 is 2.04. The molecule has 3 aliphatic heterocycles. The molecule has 0 saturated carbocycles. The number of carbonyl (C=O) groups excluding carboxylic acids is 2. The van der Waals surface area contributed by atoms with Crippen LogP contribution in [0.25, 0.3) is 11.4 Å². The fourth-order valence-electron chi connectivity index (χ4n) is 2.50. The fourth-order valence-corrected chi connectivity index (χ4v) is 3.14. The van der Waals surface area contributed by atoms with E-state index in [1.54, 1.807) is 30.3 Å². The van der Waals surface area contributed by atoms with Crippen LogP contribution in [0.15, 0.2) is 36.5 Å². The first-order valence-corrected chi connectivity index (χ1v) is 7.38. The lowest BCUT2D eigenvalue weighted by molar-refractivity contribution is 0.0925. The van der Waals surface area contributed by atoms with E-state index in [0.717, 1.165) is 13.2 Å². The van der Waals surface area contributed by atoms with E-state index in [9.17, 15) is 14.8 Å². The second-order valence-electron chi connectivity index (χ2n) is 4.72. The molecule has 3 aliphatic rings. The van der Waals surface area contributed by atoms with Crippen LogP contribution < -0.4 is 4.90 Å². The van der Waals surface area contributed by atoms with Gasteiger partial charge in [-0.1, -0.05) is 12.1 Å². The van der Waals surface area contributed by atoms with Gasteiger partial charge in [-0.15, -0.1) is 10.2 Å². The van der Waals surface area contributed by atoms with E-state index < -0.39 is 11.8 Å². The van der Waals surface area contributed by atoms with Gasteiger partial charge in [0.05, 0.1) is 16.7 Å². The van der Waals surface area contributed by atoms with E-state index in [1.165, 1.54) is 6.20 Å². The molecule has 0 saturated heterocycles. The maximum Gasteiger partial charge on any atom is 0.267 e. The first-order valence-electron chi connectivity index (χ1n) is 6.30. The SMILES string of the molecule is O=C1c2ccccc2C(=O)N1c1nnc2n(O)ccc(I)c1-2. The number of nitrogens with zero attached hydrogens (tertiary/aromatic N) is 4. The summed E-state index contributed by atoms with van der Waals surface area (Å²) in [4.78, 5) is 26.0. The van der Waals surface area contributed by atoms with Gasteiger partial charge in [0.2, 0.25) is 5.82 Å². The second kappa shape index (κ2) is 4.50. The van der Waals surface area contributed by atoms with E-state index in [0.29, 0.717) is 16.7 Å². The van der Waals surface area contributed by atoms with Crippen LogP contribution in [-0.2, 0) is 0 Å². The lowest BCUT2D eigenvalue weighted by Crippen LogP contribution is -2.30. The molecule has 0 atom stereocenters. The number of hydrogen-bond acceptors (Lipinski definition) is 5. The molecule has 8 heteroatoms. The molecule has 3 heterocycles. The van der Waals surface area contributed by atoms with Gasteiger partial charge in [0, 0.05) is 9.77 Å². The Balaban J connectivity index is 1.93. The number of rotatable bonds is 1. The highest BCUT2D eigenvalue weighted by Gasteiger charge is 2.40. The molecule has 1 aromatic rings. The minimum atomic E-state index is -0.438. The molecule has 108 valence electrons. The van der Waals surface area contributed by atoms with Gasteiger partial charge >= 0.3 is 0 Å². The van der Waals surface area contributed by atoms with Crippen molar-refractivity contribution in [2.75, 3.05) is 4.90 Å². The minimum absolute atomic E-state index is 0.133. The number of benzene rings is 1. The van der Waals surface area contributed by atoms with Gasteiger partial charge in [-0.25, -0.2) is 4.90 Å². The number of pyridine rings is 1. The van der Waals surface area contributed by atoms with Crippen molar-refractivity contribution >= 4 is 40.2 Å². The molecular weight excluding hydrogens is 399 g/mol. The van der Waals surface area contributed by atoms with E-state index in [2.05, 4.69) is 10.2 Å². The smallest absolute Gasteiger partial charge is 0.267 e. The van der Waals surface area contributed by atoms with Gasteiger partial charge < -0.3 is 5.21 Å². The van der Waals surface area contributed by atoms with Gasteiger partial charge in [0.15, 0.2) is 5.82 Å². The lowest BCUT2D eigenvalue weighted by Gasteiger charge is -2.13. The summed E-state index contributed by atoms with van der Waals surface area (Å²) in [7, 11) is 0. The van der Waals surface area contributed by atoms with Crippen LogP contribution in [0.2, 0.25) is 0 Å². The highest BCUT2D eigenvalue weighted by molar-refractivity contribution is 14.1. The van der Waals surface area contributed by atoms with Crippen molar-refractivity contribution in [2.45, 2.75) is 0 Å². The maximum absolute atomic E-state index is 12.5. The topological polar surface area (TPSA) is 88.3 Å². The Bertz CT molecular complexity index is 885. The number of hydrogen-bond donors (Lipinski definition) is 1. The van der Waals surface area contributed by atoms with Crippen molar-refractivity contribution in [1.29, 1.82) is 0 Å². The summed E-state index contributed by atoms with van der Waals surface area (Å²) in [6, 6.07) is 8.26. The summed E-state index contributed by atoms with van der Waals surface area (Å²) in [6.07, 6.45) is 1.42. The van der Waals surface area contributed by atoms with Crippen molar-refractivity contribution in [3.63, 3.8) is 0 Å². The summed E-state index contributed by atoms with van der Waals surface area (Å²) < 4.78 is 1.54. The first-order chi connectivity index (χ1) is 10.6. The average Bonchev–Trinajstić information content (AvgIpc) is 3.06. The number of imide groups is 1. The van der Waals surface area contributed by atoms with E-state index >= 15 is 0 Å². The van der Waals surface area contributed by atoms with Gasteiger partial charge in [0.25, 0.3) is 11.8 Å². The molecule has 0 fully saturated rings. The summed E-state index contributed by atoms with van der Waals surface area (Å²) in [5, 5.41) is 17.6. The zero-order valence-electron chi connectivity index (χ0n) is 10.9. The Morgan fingerprint density at radius 1 is 1.00 bits per heavy atom. The minimum Gasteiger partial charge on any atom is -0.427 e. The van der Waals surface area contributed by atoms with Crippen LogP contribution in [0.3, 0.4) is 0 Å². The van der Waals surface area contributed by atoms with Crippen molar-refractivity contribution in [3.05, 3.63) is 51.2 Å². The number of amides is 2. The van der Waals surface area contributed by atoms with Crippen molar-refractivity contribution in [1.82, 2.24) is 14.9 Å².